The molecule has 0 spiro atoms. The maximum absolute atomic E-state index is 4.35. The third-order valence-electron chi connectivity index (χ3n) is 0. The summed E-state index contributed by atoms with van der Waals surface area (Å²) in [7, 11) is 0. The normalized spacial score (nSPS) is 6.25. The Morgan fingerprint density at radius 1 is 1.75 bits per heavy atom. The van der Waals surface area contributed by atoms with E-state index in [0.717, 1.165) is 0 Å². The molecule has 0 fully saturated rings. The predicted octanol–water partition coefficient (Wildman–Crippen LogP) is 1.53. The van der Waals surface area contributed by atoms with Gasteiger partial charge in [-0.1, -0.05) is 24.8 Å². The Morgan fingerprint density at radius 2 is 1.75 bits per heavy atom. The molecule has 4 heavy (non-hydrogen) atoms. The molecule has 0 aliphatic heterocycles. The van der Waals surface area contributed by atoms with E-state index in [1.54, 1.807) is 6.92 Å². The second kappa shape index (κ2) is 1.61. The van der Waals surface area contributed by atoms with Crippen LogP contribution in [-0.4, -0.2) is 4.20 Å². The highest BCUT2D eigenvalue weighted by Crippen LogP contribution is 1.73. The van der Waals surface area contributed by atoms with Gasteiger partial charge >= 0.3 is 0 Å². The van der Waals surface area contributed by atoms with Gasteiger partial charge in [0, 0.05) is 0 Å². The fourth-order valence-electron chi connectivity index (χ4n) is 0. The monoisotopic (exact) mass is 91.0 g/mol. The van der Waals surface area contributed by atoms with Crippen molar-refractivity contribution in [3.63, 3.8) is 0 Å². The first kappa shape index (κ1) is 4.31. The number of hydrogen-bond donors (Lipinski definition) is 0. The molecule has 23 valence electrons. The van der Waals surface area contributed by atoms with Crippen LogP contribution in [0.1, 0.15) is 6.92 Å². The highest BCUT2D eigenvalue weighted by molar-refractivity contribution is 8.11. The van der Waals surface area contributed by atoms with Crippen LogP contribution in [0.3, 0.4) is 0 Å². The van der Waals surface area contributed by atoms with E-state index in [-0.39, 0.29) is 0 Å². The Balaban J connectivity index is 2.80. The molecule has 0 saturated carbocycles. The zero-order valence-corrected chi connectivity index (χ0v) is 3.95. The van der Waals surface area contributed by atoms with Crippen LogP contribution in [0.25, 0.3) is 0 Å². The van der Waals surface area contributed by atoms with E-state index < -0.39 is 0 Å². The molecule has 0 atom stereocenters. The molecule has 0 aliphatic rings. The van der Waals surface area contributed by atoms with Crippen LogP contribution in [0.2, 0.25) is 0 Å². The van der Waals surface area contributed by atoms with Gasteiger partial charge in [0.2, 0.25) is 0 Å². The number of thiocarbonyl (C=S) groups is 1. The summed E-state index contributed by atoms with van der Waals surface area (Å²) in [5.41, 5.74) is 0. The van der Waals surface area contributed by atoms with Crippen LogP contribution in [0.4, 0.5) is 0 Å². The van der Waals surface area contributed by atoms with Crippen LogP contribution in [0, 0.1) is 0 Å². The van der Waals surface area contributed by atoms with Gasteiger partial charge in [0.25, 0.3) is 0 Å². The Hall–Kier alpha value is 0.310. The lowest BCUT2D eigenvalue weighted by Crippen LogP contribution is -1.55. The molecule has 0 aliphatic carbocycles. The Kier molecular flexibility index (Phi) is 1.74. The highest BCUT2D eigenvalue weighted by Gasteiger charge is 1.60. The Labute approximate surface area is 36.6 Å². The van der Waals surface area contributed by atoms with Crippen molar-refractivity contribution < 1.29 is 0 Å². The zero-order valence-electron chi connectivity index (χ0n) is 2.32. The Morgan fingerprint density at radius 3 is 1.75 bits per heavy atom. The van der Waals surface area contributed by atoms with Crippen LogP contribution in [0.5, 0.6) is 0 Å². The molecule has 0 aromatic heterocycles. The quantitative estimate of drug-likeness (QED) is 0.407. The SMILES string of the molecule is CC([S])=S. The molecule has 0 N–H and O–H groups in total. The standard InChI is InChI=1S/C2H3S2/c1-2(3)4/h1H3. The zero-order chi connectivity index (χ0) is 3.58. The summed E-state index contributed by atoms with van der Waals surface area (Å²) < 4.78 is 0.583. The number of rotatable bonds is 0. The second-order valence-electron chi connectivity index (χ2n) is 0.492. The van der Waals surface area contributed by atoms with Crippen LogP contribution in [-0.2, 0) is 0 Å². The molecule has 0 unspecified atom stereocenters. The molecule has 0 rings (SSSR count). The van der Waals surface area contributed by atoms with Gasteiger partial charge in [-0.15, -0.1) is 0 Å². The van der Waals surface area contributed by atoms with Crippen LogP contribution in [0.15, 0.2) is 0 Å². The highest BCUT2D eigenvalue weighted by atomic mass is 32.1. The largest absolute Gasteiger partial charge is 0.0749 e. The molecule has 0 aromatic rings. The summed E-state index contributed by atoms with van der Waals surface area (Å²) in [6.07, 6.45) is 0. The van der Waals surface area contributed by atoms with E-state index >= 15 is 0 Å². The summed E-state index contributed by atoms with van der Waals surface area (Å²) in [5.74, 6) is 0. The maximum Gasteiger partial charge on any atom is 0.0749 e. The van der Waals surface area contributed by atoms with Crippen molar-refractivity contribution in [1.82, 2.24) is 0 Å². The van der Waals surface area contributed by atoms with E-state index in [2.05, 4.69) is 24.8 Å². The third-order valence-corrected chi connectivity index (χ3v) is 0. The molecule has 0 amide bonds. The van der Waals surface area contributed by atoms with Gasteiger partial charge in [0.15, 0.2) is 0 Å². The minimum Gasteiger partial charge on any atom is -0.0726 e. The fourth-order valence-corrected chi connectivity index (χ4v) is 0. The lowest BCUT2D eigenvalue weighted by molar-refractivity contribution is 2.12. The summed E-state index contributed by atoms with van der Waals surface area (Å²) in [5, 5.41) is 0. The molecular weight excluding hydrogens is 88.2 g/mol. The fraction of sp³-hybridized carbons (Fsp3) is 0.500. The van der Waals surface area contributed by atoms with E-state index in [0.29, 0.717) is 4.20 Å². The van der Waals surface area contributed by atoms with Gasteiger partial charge in [-0.05, 0) is 6.92 Å². The number of hydrogen-bond acceptors (Lipinski definition) is 1. The van der Waals surface area contributed by atoms with Crippen LogP contribution >= 0.6 is 24.8 Å². The molecule has 2 heteroatoms. The second-order valence-corrected chi connectivity index (χ2v) is 1.97. The van der Waals surface area contributed by atoms with Gasteiger partial charge < -0.3 is 0 Å². The van der Waals surface area contributed by atoms with E-state index in [9.17, 15) is 0 Å². The summed E-state index contributed by atoms with van der Waals surface area (Å²) in [6.45, 7) is 1.71. The van der Waals surface area contributed by atoms with Gasteiger partial charge in [-0.25, -0.2) is 0 Å². The van der Waals surface area contributed by atoms with E-state index in [1.165, 1.54) is 0 Å². The molecule has 0 saturated heterocycles. The lowest BCUT2D eigenvalue weighted by Gasteiger charge is -1.57. The van der Waals surface area contributed by atoms with Crippen molar-refractivity contribution in [2.75, 3.05) is 0 Å². The van der Waals surface area contributed by atoms with E-state index in [1.807, 2.05) is 0 Å². The average molecular weight is 91.2 g/mol. The van der Waals surface area contributed by atoms with Crippen molar-refractivity contribution in [2.24, 2.45) is 0 Å². The first-order chi connectivity index (χ1) is 1.73. The van der Waals surface area contributed by atoms with Crippen LogP contribution < -0.4 is 0 Å². The van der Waals surface area contributed by atoms with Crippen molar-refractivity contribution in [1.29, 1.82) is 0 Å². The minimum absolute atomic E-state index is 0.583. The first-order valence-corrected chi connectivity index (χ1v) is 1.72. The third kappa shape index (κ3) is 41.3. The van der Waals surface area contributed by atoms with E-state index in [4.69, 9.17) is 0 Å². The van der Waals surface area contributed by atoms with Gasteiger partial charge in [0.05, 0.1) is 4.20 Å². The predicted molar refractivity (Wildman–Crippen MR) is 25.9 cm³/mol. The smallest absolute Gasteiger partial charge is 0.0726 e. The van der Waals surface area contributed by atoms with Gasteiger partial charge in [0.1, 0.15) is 0 Å². The summed E-state index contributed by atoms with van der Waals surface area (Å²) >= 11 is 8.70. The first-order valence-electron chi connectivity index (χ1n) is 0.908. The Bertz CT molecular complexity index is 27.0. The van der Waals surface area contributed by atoms with Gasteiger partial charge in [-0.3, -0.25) is 0 Å². The summed E-state index contributed by atoms with van der Waals surface area (Å²) in [6, 6.07) is 0. The van der Waals surface area contributed by atoms with Crippen molar-refractivity contribution in [2.45, 2.75) is 6.92 Å². The van der Waals surface area contributed by atoms with Crippen molar-refractivity contribution >= 4 is 29.0 Å². The molecule has 0 heterocycles. The van der Waals surface area contributed by atoms with Crippen molar-refractivity contribution in [3.05, 3.63) is 0 Å². The molecule has 0 nitrogen and oxygen atoms in total. The van der Waals surface area contributed by atoms with Gasteiger partial charge in [-0.2, -0.15) is 0 Å². The maximum atomic E-state index is 4.35. The topological polar surface area (TPSA) is 0 Å². The summed E-state index contributed by atoms with van der Waals surface area (Å²) in [4.78, 5) is 0. The minimum atomic E-state index is 0.583. The average Bonchev–Trinajstić information content (AvgIpc) is 0.811. The molecule has 0 bridgehead atoms. The van der Waals surface area contributed by atoms with Crippen molar-refractivity contribution in [3.8, 4) is 0 Å². The lowest BCUT2D eigenvalue weighted by atomic mass is 11.0. The molecule has 1 radical (unpaired) electrons. The molecule has 0 aromatic carbocycles. The molecular formula is C2H3S2.